The zero-order valence-corrected chi connectivity index (χ0v) is 11.7. The quantitative estimate of drug-likeness (QED) is 0.798. The number of halogens is 1. The van der Waals surface area contributed by atoms with Crippen LogP contribution in [0.5, 0.6) is 0 Å². The van der Waals surface area contributed by atoms with Crippen LogP contribution in [0.15, 0.2) is 18.2 Å². The number of nitrogens with zero attached hydrogens (tertiary/aromatic N) is 2. The van der Waals surface area contributed by atoms with Crippen LogP contribution in [-0.2, 0) is 0 Å². The van der Waals surface area contributed by atoms with E-state index in [-0.39, 0.29) is 0 Å². The summed E-state index contributed by atoms with van der Waals surface area (Å²) in [5.74, 6) is 0.860. The van der Waals surface area contributed by atoms with Gasteiger partial charge in [0, 0.05) is 18.8 Å². The number of nitriles is 1. The van der Waals surface area contributed by atoms with Crippen molar-refractivity contribution in [1.82, 2.24) is 0 Å². The van der Waals surface area contributed by atoms with Crippen LogP contribution < -0.4 is 4.90 Å². The smallest absolute Gasteiger partial charge is 0.101 e. The maximum Gasteiger partial charge on any atom is 0.101 e. The highest BCUT2D eigenvalue weighted by Gasteiger charge is 2.22. The summed E-state index contributed by atoms with van der Waals surface area (Å²) in [6.45, 7) is 2.33. The van der Waals surface area contributed by atoms with Crippen LogP contribution in [0.1, 0.15) is 38.2 Å². The van der Waals surface area contributed by atoms with Gasteiger partial charge in [-0.25, -0.2) is 0 Å². The molecule has 1 saturated carbocycles. The van der Waals surface area contributed by atoms with E-state index < -0.39 is 0 Å². The summed E-state index contributed by atoms with van der Waals surface area (Å²) < 4.78 is 0. The summed E-state index contributed by atoms with van der Waals surface area (Å²) in [5.41, 5.74) is 1.66. The van der Waals surface area contributed by atoms with Crippen LogP contribution in [0, 0.1) is 17.2 Å². The van der Waals surface area contributed by atoms with E-state index in [1.54, 1.807) is 6.07 Å². The summed E-state index contributed by atoms with van der Waals surface area (Å²) in [5, 5.41) is 9.42. The highest BCUT2D eigenvalue weighted by Crippen LogP contribution is 2.31. The second-order valence-electron chi connectivity index (χ2n) is 5.30. The molecule has 0 N–H and O–H groups in total. The molecule has 3 heteroatoms. The predicted molar refractivity (Wildman–Crippen MR) is 76.0 cm³/mol. The van der Waals surface area contributed by atoms with Crippen LogP contribution >= 0.6 is 11.6 Å². The Balaban J connectivity index is 2.11. The van der Waals surface area contributed by atoms with Gasteiger partial charge in [0.25, 0.3) is 0 Å². The molecule has 0 spiro atoms. The number of hydrogen-bond donors (Lipinski definition) is 0. The minimum absolute atomic E-state index is 0.547. The van der Waals surface area contributed by atoms with E-state index in [1.165, 1.54) is 25.7 Å². The molecule has 1 aromatic rings. The lowest BCUT2D eigenvalue weighted by Gasteiger charge is -2.35. The van der Waals surface area contributed by atoms with Crippen molar-refractivity contribution in [2.24, 2.45) is 5.92 Å². The predicted octanol–water partition coefficient (Wildman–Crippen LogP) is 4.23. The van der Waals surface area contributed by atoms with Crippen molar-refractivity contribution < 1.29 is 0 Å². The van der Waals surface area contributed by atoms with Crippen LogP contribution in [0.2, 0.25) is 5.02 Å². The Morgan fingerprint density at radius 2 is 1.94 bits per heavy atom. The van der Waals surface area contributed by atoms with Crippen LogP contribution in [-0.4, -0.2) is 13.1 Å². The van der Waals surface area contributed by atoms with E-state index in [1.807, 2.05) is 12.1 Å². The largest absolute Gasteiger partial charge is 0.372 e. The van der Waals surface area contributed by atoms with Gasteiger partial charge in [-0.05, 0) is 49.8 Å². The molecule has 0 unspecified atom stereocenters. The van der Waals surface area contributed by atoms with Gasteiger partial charge in [0.05, 0.1) is 10.6 Å². The summed E-state index contributed by atoms with van der Waals surface area (Å²) in [4.78, 5) is 2.30. The Labute approximate surface area is 114 Å². The molecule has 0 aliphatic heterocycles. The second kappa shape index (κ2) is 5.63. The Morgan fingerprint density at radius 3 is 2.50 bits per heavy atom. The van der Waals surface area contributed by atoms with Gasteiger partial charge >= 0.3 is 0 Å². The van der Waals surface area contributed by atoms with Crippen LogP contribution in [0.25, 0.3) is 0 Å². The molecule has 1 fully saturated rings. The molecular formula is C15H19ClN2. The molecule has 1 aromatic carbocycles. The molecule has 0 radical (unpaired) electrons. The van der Waals surface area contributed by atoms with Crippen molar-refractivity contribution in [3.05, 3.63) is 28.8 Å². The van der Waals surface area contributed by atoms with Crippen molar-refractivity contribution in [3.63, 3.8) is 0 Å². The zero-order chi connectivity index (χ0) is 13.1. The van der Waals surface area contributed by atoms with Crippen molar-refractivity contribution >= 4 is 17.3 Å². The SMILES string of the molecule is CC1CCC(N(C)c2ccc(C#N)c(Cl)c2)CC1. The molecule has 2 rings (SSSR count). The van der Waals surface area contributed by atoms with Gasteiger partial charge < -0.3 is 4.90 Å². The first-order valence-electron chi connectivity index (χ1n) is 6.54. The summed E-state index contributed by atoms with van der Waals surface area (Å²) in [6.07, 6.45) is 5.10. The normalized spacial score (nSPS) is 23.4. The fraction of sp³-hybridized carbons (Fsp3) is 0.533. The van der Waals surface area contributed by atoms with Gasteiger partial charge in [-0.15, -0.1) is 0 Å². The summed E-state index contributed by atoms with van der Waals surface area (Å²) in [7, 11) is 2.12. The number of hydrogen-bond acceptors (Lipinski definition) is 2. The highest BCUT2D eigenvalue weighted by molar-refractivity contribution is 6.32. The van der Waals surface area contributed by atoms with Gasteiger partial charge in [0.1, 0.15) is 6.07 Å². The van der Waals surface area contributed by atoms with Gasteiger partial charge in [-0.3, -0.25) is 0 Å². The maximum atomic E-state index is 8.88. The minimum atomic E-state index is 0.547. The fourth-order valence-electron chi connectivity index (χ4n) is 2.65. The van der Waals surface area contributed by atoms with Crippen molar-refractivity contribution in [1.29, 1.82) is 5.26 Å². The fourth-order valence-corrected chi connectivity index (χ4v) is 2.87. The van der Waals surface area contributed by atoms with Crippen molar-refractivity contribution in [2.75, 3.05) is 11.9 Å². The number of anilines is 1. The number of benzene rings is 1. The Hall–Kier alpha value is -1.20. The average molecular weight is 263 g/mol. The standard InChI is InChI=1S/C15H19ClN2/c1-11-3-6-13(7-4-11)18(2)14-8-5-12(10-17)15(16)9-14/h5,8-9,11,13H,3-4,6-7H2,1-2H3. The van der Waals surface area contributed by atoms with Gasteiger partial charge in [0.15, 0.2) is 0 Å². The minimum Gasteiger partial charge on any atom is -0.372 e. The average Bonchev–Trinajstić information content (AvgIpc) is 2.38. The summed E-state index contributed by atoms with van der Waals surface area (Å²) in [6, 6.07) is 8.39. The van der Waals surface area contributed by atoms with E-state index in [0.29, 0.717) is 16.6 Å². The topological polar surface area (TPSA) is 27.0 Å². The molecule has 1 aliphatic rings. The Bertz CT molecular complexity index is 456. The molecule has 96 valence electrons. The Morgan fingerprint density at radius 1 is 1.28 bits per heavy atom. The van der Waals surface area contributed by atoms with Gasteiger partial charge in [0.2, 0.25) is 0 Å². The van der Waals surface area contributed by atoms with E-state index in [9.17, 15) is 0 Å². The molecule has 0 saturated heterocycles. The van der Waals surface area contributed by atoms with Gasteiger partial charge in [-0.1, -0.05) is 18.5 Å². The van der Waals surface area contributed by atoms with E-state index in [0.717, 1.165) is 11.6 Å². The molecule has 0 atom stereocenters. The molecule has 1 aliphatic carbocycles. The third kappa shape index (κ3) is 2.79. The first kappa shape index (κ1) is 13.2. The molecular weight excluding hydrogens is 244 g/mol. The van der Waals surface area contributed by atoms with E-state index in [2.05, 4.69) is 24.9 Å². The maximum absolute atomic E-state index is 8.88. The highest BCUT2D eigenvalue weighted by atomic mass is 35.5. The molecule has 2 nitrogen and oxygen atoms in total. The van der Waals surface area contributed by atoms with Crippen LogP contribution in [0.3, 0.4) is 0 Å². The zero-order valence-electron chi connectivity index (χ0n) is 11.0. The monoisotopic (exact) mass is 262 g/mol. The lowest BCUT2D eigenvalue weighted by Crippen LogP contribution is -2.34. The molecule has 0 amide bonds. The van der Waals surface area contributed by atoms with E-state index >= 15 is 0 Å². The summed E-state index contributed by atoms with van der Waals surface area (Å²) >= 11 is 6.09. The second-order valence-corrected chi connectivity index (χ2v) is 5.71. The molecule has 0 aromatic heterocycles. The third-order valence-electron chi connectivity index (χ3n) is 4.01. The molecule has 0 heterocycles. The first-order chi connectivity index (χ1) is 8.61. The third-order valence-corrected chi connectivity index (χ3v) is 4.33. The lowest BCUT2D eigenvalue weighted by atomic mass is 9.86. The van der Waals surface area contributed by atoms with E-state index in [4.69, 9.17) is 16.9 Å². The first-order valence-corrected chi connectivity index (χ1v) is 6.92. The molecule has 18 heavy (non-hydrogen) atoms. The van der Waals surface area contributed by atoms with Crippen LogP contribution in [0.4, 0.5) is 5.69 Å². The Kier molecular flexibility index (Phi) is 4.14. The molecule has 0 bridgehead atoms. The van der Waals surface area contributed by atoms with Crippen molar-refractivity contribution in [2.45, 2.75) is 38.6 Å². The van der Waals surface area contributed by atoms with Crippen molar-refractivity contribution in [3.8, 4) is 6.07 Å². The number of rotatable bonds is 2. The lowest BCUT2D eigenvalue weighted by molar-refractivity contribution is 0.341. The van der Waals surface area contributed by atoms with Gasteiger partial charge in [-0.2, -0.15) is 5.26 Å².